The molecule has 5 heteroatoms. The average Bonchev–Trinajstić information content (AvgIpc) is 2.79. The number of fused-ring (bicyclic) bond motifs is 3. The van der Waals surface area contributed by atoms with E-state index in [9.17, 15) is 20.1 Å². The summed E-state index contributed by atoms with van der Waals surface area (Å²) in [4.78, 5) is 11.9. The van der Waals surface area contributed by atoms with Gasteiger partial charge in [0.2, 0.25) is 0 Å². The van der Waals surface area contributed by atoms with Gasteiger partial charge in [0.15, 0.2) is 0 Å². The number of carbonyl (C=O) groups is 1. The van der Waals surface area contributed by atoms with Gasteiger partial charge in [-0.15, -0.1) is 0 Å². The van der Waals surface area contributed by atoms with Crippen LogP contribution in [0.3, 0.4) is 0 Å². The van der Waals surface area contributed by atoms with Crippen molar-refractivity contribution in [2.24, 2.45) is 16.7 Å². The largest absolute Gasteiger partial charge is 0.461 e. The Bertz CT molecular complexity index is 711. The lowest BCUT2D eigenvalue weighted by molar-refractivity contribution is -0.276. The molecule has 4 rings (SSSR count). The zero-order valence-corrected chi connectivity index (χ0v) is 15.9. The first-order valence-corrected chi connectivity index (χ1v) is 9.73. The molecule has 26 heavy (non-hydrogen) atoms. The van der Waals surface area contributed by atoms with Crippen molar-refractivity contribution in [3.63, 3.8) is 0 Å². The van der Waals surface area contributed by atoms with E-state index in [-0.39, 0.29) is 5.92 Å². The molecule has 0 amide bonds. The zero-order valence-electron chi connectivity index (χ0n) is 15.9. The lowest BCUT2D eigenvalue weighted by atomic mass is 9.42. The fourth-order valence-electron chi connectivity index (χ4n) is 6.88. The van der Waals surface area contributed by atoms with Crippen molar-refractivity contribution >= 4 is 5.97 Å². The summed E-state index contributed by atoms with van der Waals surface area (Å²) in [6.07, 6.45) is 1.37. The Morgan fingerprint density at radius 1 is 1.31 bits per heavy atom. The van der Waals surface area contributed by atoms with Crippen molar-refractivity contribution in [3.8, 4) is 0 Å². The predicted octanol–water partition coefficient (Wildman–Crippen LogP) is 2.25. The summed E-state index contributed by atoms with van der Waals surface area (Å²) in [5.74, 6) is -0.281. The number of carbonyl (C=O) groups excluding carboxylic acids is 1. The highest BCUT2D eigenvalue weighted by Gasteiger charge is 2.77. The van der Waals surface area contributed by atoms with Gasteiger partial charge < -0.3 is 20.1 Å². The van der Waals surface area contributed by atoms with E-state index in [0.29, 0.717) is 25.7 Å². The summed E-state index contributed by atoms with van der Waals surface area (Å²) in [6, 6.07) is 0. The van der Waals surface area contributed by atoms with E-state index in [1.165, 1.54) is 6.92 Å². The summed E-state index contributed by atoms with van der Waals surface area (Å²) in [5.41, 5.74) is -0.302. The Hall–Kier alpha value is -1.17. The van der Waals surface area contributed by atoms with Gasteiger partial charge in [0.1, 0.15) is 6.10 Å². The molecule has 144 valence electrons. The maximum atomic E-state index is 12.2. The minimum absolute atomic E-state index is 0.124. The molecule has 7 atom stereocenters. The molecule has 3 saturated carbocycles. The smallest absolute Gasteiger partial charge is 0.302 e. The number of rotatable bonds is 1. The highest BCUT2D eigenvalue weighted by molar-refractivity contribution is 5.66. The third-order valence-corrected chi connectivity index (χ3v) is 8.31. The lowest BCUT2D eigenvalue weighted by Gasteiger charge is -2.66. The highest BCUT2D eigenvalue weighted by Crippen LogP contribution is 2.71. The van der Waals surface area contributed by atoms with Crippen LogP contribution < -0.4 is 0 Å². The summed E-state index contributed by atoms with van der Waals surface area (Å²) < 4.78 is 5.73. The standard InChI is InChI=1S/C21H30O5/c1-11-5-6-16(23)19(4)15(11)9-17(26-13(3)22)20-10-14(12(2)18(20)24)7-8-21(19,20)25/h14,16-18,23-25H,2,5-10H2,1,3-4H3. The molecular weight excluding hydrogens is 332 g/mol. The second-order valence-electron chi connectivity index (χ2n) is 9.14. The topological polar surface area (TPSA) is 87.0 Å². The van der Waals surface area contributed by atoms with Crippen LogP contribution in [-0.2, 0) is 9.53 Å². The molecule has 5 nitrogen and oxygen atoms in total. The number of allylic oxidation sites excluding steroid dienone is 1. The molecule has 0 aromatic rings. The van der Waals surface area contributed by atoms with E-state index in [4.69, 9.17) is 4.74 Å². The molecular formula is C21H30O5. The zero-order chi connectivity index (χ0) is 19.1. The number of aliphatic hydroxyl groups is 3. The molecule has 3 fully saturated rings. The van der Waals surface area contributed by atoms with Gasteiger partial charge >= 0.3 is 5.97 Å². The van der Waals surface area contributed by atoms with Gasteiger partial charge in [-0.1, -0.05) is 24.6 Å². The third-order valence-electron chi connectivity index (χ3n) is 8.31. The number of aliphatic hydroxyl groups excluding tert-OH is 2. The van der Waals surface area contributed by atoms with Crippen LogP contribution in [0.2, 0.25) is 0 Å². The Kier molecular flexibility index (Phi) is 3.80. The number of hydrogen-bond donors (Lipinski definition) is 3. The van der Waals surface area contributed by atoms with E-state index in [0.717, 1.165) is 29.6 Å². The van der Waals surface area contributed by atoms with E-state index in [2.05, 4.69) is 6.58 Å². The van der Waals surface area contributed by atoms with Crippen LogP contribution in [0.4, 0.5) is 0 Å². The molecule has 2 bridgehead atoms. The Morgan fingerprint density at radius 2 is 2.00 bits per heavy atom. The monoisotopic (exact) mass is 362 g/mol. The highest BCUT2D eigenvalue weighted by atomic mass is 16.5. The van der Waals surface area contributed by atoms with Crippen molar-refractivity contribution < 1.29 is 24.9 Å². The van der Waals surface area contributed by atoms with E-state index >= 15 is 0 Å². The van der Waals surface area contributed by atoms with Crippen molar-refractivity contribution in [1.29, 1.82) is 0 Å². The van der Waals surface area contributed by atoms with Crippen LogP contribution >= 0.6 is 0 Å². The number of ether oxygens (including phenoxy) is 1. The minimum Gasteiger partial charge on any atom is -0.461 e. The second-order valence-corrected chi connectivity index (χ2v) is 9.14. The van der Waals surface area contributed by atoms with Gasteiger partial charge in [-0.3, -0.25) is 4.79 Å². The number of hydrogen-bond acceptors (Lipinski definition) is 5. The maximum absolute atomic E-state index is 12.2. The summed E-state index contributed by atoms with van der Waals surface area (Å²) >= 11 is 0. The van der Waals surface area contributed by atoms with Crippen LogP contribution in [0.5, 0.6) is 0 Å². The third kappa shape index (κ3) is 1.84. The predicted molar refractivity (Wildman–Crippen MR) is 96.1 cm³/mol. The van der Waals surface area contributed by atoms with Crippen LogP contribution in [0, 0.1) is 16.7 Å². The first-order valence-electron chi connectivity index (χ1n) is 9.73. The van der Waals surface area contributed by atoms with E-state index in [1.54, 1.807) is 0 Å². The van der Waals surface area contributed by atoms with Gasteiger partial charge in [0.25, 0.3) is 0 Å². The van der Waals surface area contributed by atoms with Crippen LogP contribution in [0.25, 0.3) is 0 Å². The lowest BCUT2D eigenvalue weighted by Crippen LogP contribution is -2.74. The molecule has 0 aromatic carbocycles. The summed E-state index contributed by atoms with van der Waals surface area (Å²) in [6.45, 7) is 9.45. The quantitative estimate of drug-likeness (QED) is 0.492. The van der Waals surface area contributed by atoms with Crippen molar-refractivity contribution in [3.05, 3.63) is 23.3 Å². The van der Waals surface area contributed by atoms with Gasteiger partial charge in [-0.05, 0) is 50.5 Å². The molecule has 0 heterocycles. The van der Waals surface area contributed by atoms with Crippen LogP contribution in [0.15, 0.2) is 23.3 Å². The minimum atomic E-state index is -1.34. The molecule has 4 aliphatic rings. The Morgan fingerprint density at radius 3 is 2.65 bits per heavy atom. The van der Waals surface area contributed by atoms with E-state index in [1.807, 2.05) is 13.8 Å². The fourth-order valence-corrected chi connectivity index (χ4v) is 6.88. The van der Waals surface area contributed by atoms with Crippen LogP contribution in [0.1, 0.15) is 59.3 Å². The van der Waals surface area contributed by atoms with Gasteiger partial charge in [0, 0.05) is 18.8 Å². The summed E-state index contributed by atoms with van der Waals surface area (Å²) in [7, 11) is 0. The first kappa shape index (κ1) is 18.2. The molecule has 1 spiro atoms. The Balaban J connectivity index is 1.97. The van der Waals surface area contributed by atoms with Gasteiger partial charge in [-0.25, -0.2) is 0 Å². The van der Waals surface area contributed by atoms with Gasteiger partial charge in [0.05, 0.1) is 23.2 Å². The second kappa shape index (κ2) is 5.43. The molecule has 0 saturated heterocycles. The molecule has 4 aliphatic carbocycles. The summed E-state index contributed by atoms with van der Waals surface area (Å²) in [5, 5.41) is 34.4. The molecule has 0 aliphatic heterocycles. The molecule has 0 radical (unpaired) electrons. The number of esters is 1. The SMILES string of the molecule is C=C1C2CCC3(O)C4(C)C(=C(C)CCC4O)CC(OC(C)=O)C3(C2)C1O. The average molecular weight is 362 g/mol. The van der Waals surface area contributed by atoms with Gasteiger partial charge in [-0.2, -0.15) is 0 Å². The van der Waals surface area contributed by atoms with Crippen molar-refractivity contribution in [1.82, 2.24) is 0 Å². The van der Waals surface area contributed by atoms with E-state index < -0.39 is 40.7 Å². The molecule has 3 N–H and O–H groups in total. The fraction of sp³-hybridized carbons (Fsp3) is 0.762. The normalized spacial score (nSPS) is 50.3. The molecule has 0 aromatic heterocycles. The maximum Gasteiger partial charge on any atom is 0.302 e. The van der Waals surface area contributed by atoms with Crippen molar-refractivity contribution in [2.45, 2.75) is 83.2 Å². The first-order chi connectivity index (χ1) is 12.1. The van der Waals surface area contributed by atoms with Crippen LogP contribution in [-0.4, -0.2) is 45.2 Å². The van der Waals surface area contributed by atoms with Crippen molar-refractivity contribution in [2.75, 3.05) is 0 Å². The molecule has 7 unspecified atom stereocenters. The Labute approximate surface area is 154 Å².